The molecular formula is C14H19F3O2. The molecule has 0 radical (unpaired) electrons. The number of benzene rings is 1. The first-order valence-electron chi connectivity index (χ1n) is 6.13. The Kier molecular flexibility index (Phi) is 4.98. The molecule has 1 aromatic rings. The topological polar surface area (TPSA) is 40.5 Å². The maximum atomic E-state index is 12.6. The molecule has 1 rings (SSSR count). The smallest absolute Gasteiger partial charge is 0.396 e. The molecule has 19 heavy (non-hydrogen) atoms. The average molecular weight is 276 g/mol. The largest absolute Gasteiger partial charge is 0.416 e. The van der Waals surface area contributed by atoms with Gasteiger partial charge in [0.2, 0.25) is 0 Å². The molecule has 0 aliphatic heterocycles. The van der Waals surface area contributed by atoms with Gasteiger partial charge in [-0.25, -0.2) is 0 Å². The highest BCUT2D eigenvalue weighted by Crippen LogP contribution is 2.34. The second kappa shape index (κ2) is 5.92. The lowest BCUT2D eigenvalue weighted by atomic mass is 9.74. The number of hydrogen-bond donors (Lipinski definition) is 2. The average Bonchev–Trinajstić information content (AvgIpc) is 2.35. The zero-order chi connectivity index (χ0) is 14.7. The van der Waals surface area contributed by atoms with E-state index in [9.17, 15) is 23.4 Å². The lowest BCUT2D eigenvalue weighted by Crippen LogP contribution is -2.37. The standard InChI is InChI=1S/C14H19F3O2/c1-10(2)13(8-18,9-19)7-11-4-3-5-12(6-11)14(15,16)17/h3-6,10,18-19H,7-9H2,1-2H3. The van der Waals surface area contributed by atoms with Crippen LogP contribution >= 0.6 is 0 Å². The summed E-state index contributed by atoms with van der Waals surface area (Å²) in [5.41, 5.74) is -1.05. The summed E-state index contributed by atoms with van der Waals surface area (Å²) >= 11 is 0. The molecule has 108 valence electrons. The summed E-state index contributed by atoms with van der Waals surface area (Å²) in [6, 6.07) is 5.01. The second-order valence-corrected chi connectivity index (χ2v) is 5.21. The third kappa shape index (κ3) is 3.70. The van der Waals surface area contributed by atoms with Crippen molar-refractivity contribution in [2.24, 2.45) is 11.3 Å². The molecule has 0 aliphatic rings. The summed E-state index contributed by atoms with van der Waals surface area (Å²) in [4.78, 5) is 0. The van der Waals surface area contributed by atoms with Crippen LogP contribution in [-0.4, -0.2) is 23.4 Å². The molecule has 0 bridgehead atoms. The van der Waals surface area contributed by atoms with Crippen LogP contribution in [0.3, 0.4) is 0 Å². The Labute approximate surface area is 110 Å². The molecule has 0 saturated heterocycles. The first kappa shape index (κ1) is 16.0. The van der Waals surface area contributed by atoms with Crippen LogP contribution < -0.4 is 0 Å². The van der Waals surface area contributed by atoms with Crippen molar-refractivity contribution in [1.29, 1.82) is 0 Å². The van der Waals surface area contributed by atoms with E-state index in [4.69, 9.17) is 0 Å². The molecule has 0 atom stereocenters. The lowest BCUT2D eigenvalue weighted by Gasteiger charge is -2.34. The molecule has 0 aromatic heterocycles. The summed E-state index contributed by atoms with van der Waals surface area (Å²) in [6.45, 7) is 3.13. The maximum Gasteiger partial charge on any atom is 0.416 e. The molecule has 0 aliphatic carbocycles. The molecule has 5 heteroatoms. The first-order chi connectivity index (χ1) is 8.75. The lowest BCUT2D eigenvalue weighted by molar-refractivity contribution is -0.137. The van der Waals surface area contributed by atoms with Gasteiger partial charge in [-0.15, -0.1) is 0 Å². The Morgan fingerprint density at radius 2 is 1.68 bits per heavy atom. The molecule has 1 aromatic carbocycles. The van der Waals surface area contributed by atoms with Crippen molar-refractivity contribution in [3.8, 4) is 0 Å². The highest BCUT2D eigenvalue weighted by atomic mass is 19.4. The van der Waals surface area contributed by atoms with E-state index in [1.807, 2.05) is 13.8 Å². The number of rotatable bonds is 5. The van der Waals surface area contributed by atoms with Gasteiger partial charge in [-0.3, -0.25) is 0 Å². The minimum Gasteiger partial charge on any atom is -0.396 e. The molecule has 0 fully saturated rings. The summed E-state index contributed by atoms with van der Waals surface area (Å²) in [6.07, 6.45) is -4.17. The molecule has 0 unspecified atom stereocenters. The van der Waals surface area contributed by atoms with Crippen LogP contribution in [0.5, 0.6) is 0 Å². The number of aliphatic hydroxyl groups excluding tert-OH is 2. The van der Waals surface area contributed by atoms with Crippen LogP contribution in [0.2, 0.25) is 0 Å². The Balaban J connectivity index is 3.05. The normalized spacial score (nSPS) is 13.1. The third-order valence-corrected chi connectivity index (χ3v) is 3.67. The number of halogens is 3. The number of hydrogen-bond acceptors (Lipinski definition) is 2. The fourth-order valence-corrected chi connectivity index (χ4v) is 2.00. The zero-order valence-electron chi connectivity index (χ0n) is 11.0. The van der Waals surface area contributed by atoms with Gasteiger partial charge in [0.25, 0.3) is 0 Å². The van der Waals surface area contributed by atoms with Crippen molar-refractivity contribution < 1.29 is 23.4 Å². The Hall–Kier alpha value is -1.07. The molecule has 2 N–H and O–H groups in total. The van der Waals surface area contributed by atoms with Crippen LogP contribution in [0.25, 0.3) is 0 Å². The van der Waals surface area contributed by atoms with Crippen molar-refractivity contribution in [2.75, 3.05) is 13.2 Å². The Morgan fingerprint density at radius 1 is 1.11 bits per heavy atom. The minimum atomic E-state index is -4.38. The van der Waals surface area contributed by atoms with Crippen LogP contribution in [0.15, 0.2) is 24.3 Å². The van der Waals surface area contributed by atoms with E-state index in [1.54, 1.807) is 6.07 Å². The van der Waals surface area contributed by atoms with E-state index < -0.39 is 17.2 Å². The van der Waals surface area contributed by atoms with Crippen LogP contribution in [0.4, 0.5) is 13.2 Å². The van der Waals surface area contributed by atoms with Crippen LogP contribution in [0.1, 0.15) is 25.0 Å². The van der Waals surface area contributed by atoms with Crippen molar-refractivity contribution in [3.63, 3.8) is 0 Å². The summed E-state index contributed by atoms with van der Waals surface area (Å²) in [5.74, 6) is -0.0444. The predicted molar refractivity (Wildman–Crippen MR) is 66.6 cm³/mol. The van der Waals surface area contributed by atoms with Gasteiger partial charge in [-0.05, 0) is 24.0 Å². The van der Waals surface area contributed by atoms with Crippen LogP contribution in [0, 0.1) is 11.3 Å². The van der Waals surface area contributed by atoms with Gasteiger partial charge >= 0.3 is 6.18 Å². The van der Waals surface area contributed by atoms with E-state index >= 15 is 0 Å². The van der Waals surface area contributed by atoms with Gasteiger partial charge in [0.05, 0.1) is 18.8 Å². The van der Waals surface area contributed by atoms with E-state index in [1.165, 1.54) is 6.07 Å². The van der Waals surface area contributed by atoms with E-state index in [2.05, 4.69) is 0 Å². The van der Waals surface area contributed by atoms with Crippen LogP contribution in [-0.2, 0) is 12.6 Å². The van der Waals surface area contributed by atoms with Crippen molar-refractivity contribution in [1.82, 2.24) is 0 Å². The molecule has 0 amide bonds. The van der Waals surface area contributed by atoms with Gasteiger partial charge in [-0.1, -0.05) is 32.0 Å². The molecule has 0 spiro atoms. The fraction of sp³-hybridized carbons (Fsp3) is 0.571. The predicted octanol–water partition coefficient (Wildman–Crippen LogP) is 2.87. The quantitative estimate of drug-likeness (QED) is 0.868. The molecule has 2 nitrogen and oxygen atoms in total. The minimum absolute atomic E-state index is 0.0444. The monoisotopic (exact) mass is 276 g/mol. The van der Waals surface area contributed by atoms with Gasteiger partial charge in [0.15, 0.2) is 0 Å². The SMILES string of the molecule is CC(C)C(CO)(CO)Cc1cccc(C(F)(F)F)c1. The van der Waals surface area contributed by atoms with Gasteiger partial charge in [0.1, 0.15) is 0 Å². The fourth-order valence-electron chi connectivity index (χ4n) is 2.00. The third-order valence-electron chi connectivity index (χ3n) is 3.67. The van der Waals surface area contributed by atoms with E-state index in [0.717, 1.165) is 12.1 Å². The molecule has 0 saturated carbocycles. The van der Waals surface area contributed by atoms with Gasteiger partial charge in [0, 0.05) is 5.41 Å². The van der Waals surface area contributed by atoms with Gasteiger partial charge in [-0.2, -0.15) is 13.2 Å². The number of alkyl halides is 3. The summed E-state index contributed by atoms with van der Waals surface area (Å²) in [5, 5.41) is 18.9. The first-order valence-corrected chi connectivity index (χ1v) is 6.13. The van der Waals surface area contributed by atoms with E-state index in [0.29, 0.717) is 5.56 Å². The van der Waals surface area contributed by atoms with Crippen molar-refractivity contribution >= 4 is 0 Å². The summed E-state index contributed by atoms with van der Waals surface area (Å²) in [7, 11) is 0. The summed E-state index contributed by atoms with van der Waals surface area (Å²) < 4.78 is 37.9. The van der Waals surface area contributed by atoms with Crippen molar-refractivity contribution in [3.05, 3.63) is 35.4 Å². The van der Waals surface area contributed by atoms with Crippen molar-refractivity contribution in [2.45, 2.75) is 26.4 Å². The highest BCUT2D eigenvalue weighted by molar-refractivity contribution is 5.26. The molecular weight excluding hydrogens is 257 g/mol. The van der Waals surface area contributed by atoms with E-state index in [-0.39, 0.29) is 25.6 Å². The Bertz CT molecular complexity index is 409. The highest BCUT2D eigenvalue weighted by Gasteiger charge is 2.34. The maximum absolute atomic E-state index is 12.6. The zero-order valence-corrected chi connectivity index (χ0v) is 11.0. The van der Waals surface area contributed by atoms with Gasteiger partial charge < -0.3 is 10.2 Å². The molecule has 0 heterocycles. The number of aliphatic hydroxyl groups is 2. The Morgan fingerprint density at radius 3 is 2.11 bits per heavy atom. The second-order valence-electron chi connectivity index (χ2n) is 5.21.